The molecule has 2 bridgehead atoms. The predicted octanol–water partition coefficient (Wildman–Crippen LogP) is 1.22. The van der Waals surface area contributed by atoms with Crippen LogP contribution in [0.2, 0.25) is 0 Å². The number of hydrogen-bond acceptors (Lipinski definition) is 5. The van der Waals surface area contributed by atoms with Crippen molar-refractivity contribution in [3.63, 3.8) is 0 Å². The van der Waals surface area contributed by atoms with Crippen molar-refractivity contribution >= 4 is 11.7 Å². The first-order valence-corrected chi connectivity index (χ1v) is 10.4. The van der Waals surface area contributed by atoms with E-state index in [1.165, 1.54) is 12.8 Å². The maximum absolute atomic E-state index is 12.6. The normalized spacial score (nSPS) is 37.9. The second-order valence-corrected chi connectivity index (χ2v) is 9.88. The Hall–Kier alpha value is -1.96. The maximum atomic E-state index is 12.6. The third kappa shape index (κ3) is 2.60. The van der Waals surface area contributed by atoms with E-state index in [9.17, 15) is 19.8 Å². The molecule has 4 atom stereocenters. The van der Waals surface area contributed by atoms with Gasteiger partial charge in [0.05, 0.1) is 25.7 Å². The Morgan fingerprint density at radius 3 is 2.69 bits per heavy atom. The lowest BCUT2D eigenvalue weighted by molar-refractivity contribution is -0.950. The number of carbonyl (C=O) groups is 2. The smallest absolute Gasteiger partial charge is 0.252 e. The minimum absolute atomic E-state index is 0. The summed E-state index contributed by atoms with van der Waals surface area (Å²) in [6, 6.07) is 3.46. The first-order valence-electron chi connectivity index (χ1n) is 10.4. The van der Waals surface area contributed by atoms with Crippen molar-refractivity contribution in [3.05, 3.63) is 28.8 Å². The van der Waals surface area contributed by atoms with Gasteiger partial charge in [0, 0.05) is 42.6 Å². The van der Waals surface area contributed by atoms with Crippen LogP contribution in [-0.4, -0.2) is 63.6 Å². The summed E-state index contributed by atoms with van der Waals surface area (Å²) in [6.07, 6.45) is 4.85. The van der Waals surface area contributed by atoms with Crippen molar-refractivity contribution in [2.45, 2.75) is 62.0 Å². The molecule has 3 fully saturated rings. The van der Waals surface area contributed by atoms with E-state index >= 15 is 0 Å². The van der Waals surface area contributed by atoms with Crippen molar-refractivity contribution in [1.29, 1.82) is 0 Å². The lowest BCUT2D eigenvalue weighted by atomic mass is 9.48. The average molecular weight is 402 g/mol. The molecule has 3 aliphatic carbocycles. The van der Waals surface area contributed by atoms with Gasteiger partial charge in [-0.1, -0.05) is 6.07 Å². The van der Waals surface area contributed by atoms with E-state index in [0.717, 1.165) is 29.1 Å². The number of Topliss-reactive ketones (excluding diaryl/α,β-unsaturated/α-hetero) is 1. The maximum Gasteiger partial charge on any atom is 0.252 e. The molecule has 0 aromatic heterocycles. The Labute approximate surface area is 170 Å². The van der Waals surface area contributed by atoms with Gasteiger partial charge < -0.3 is 25.9 Å². The number of rotatable bonds is 3. The van der Waals surface area contributed by atoms with Crippen LogP contribution in [0.5, 0.6) is 5.75 Å². The zero-order valence-electron chi connectivity index (χ0n) is 16.9. The van der Waals surface area contributed by atoms with Crippen LogP contribution in [0.4, 0.5) is 0 Å². The number of nitrogens with two attached hydrogens (primary N) is 1. The van der Waals surface area contributed by atoms with Crippen LogP contribution in [-0.2, 0) is 16.6 Å². The third-order valence-corrected chi connectivity index (χ3v) is 8.26. The predicted molar refractivity (Wildman–Crippen MR) is 105 cm³/mol. The molecule has 1 unspecified atom stereocenters. The fraction of sp³-hybridized carbons (Fsp3) is 0.636. The van der Waals surface area contributed by atoms with E-state index in [2.05, 4.69) is 7.05 Å². The second kappa shape index (κ2) is 6.27. The van der Waals surface area contributed by atoms with E-state index in [-0.39, 0.29) is 35.0 Å². The molecule has 7 nitrogen and oxygen atoms in total. The van der Waals surface area contributed by atoms with Crippen molar-refractivity contribution in [2.24, 2.45) is 11.7 Å². The van der Waals surface area contributed by atoms with Gasteiger partial charge in [-0.25, -0.2) is 0 Å². The van der Waals surface area contributed by atoms with Crippen LogP contribution in [0.1, 0.15) is 60.0 Å². The summed E-state index contributed by atoms with van der Waals surface area (Å²) in [7, 11) is 2.25. The zero-order chi connectivity index (χ0) is 19.9. The molecule has 2 saturated carbocycles. The minimum atomic E-state index is -1.05. The fourth-order valence-corrected chi connectivity index (χ4v) is 6.73. The fourth-order valence-electron chi connectivity index (χ4n) is 6.73. The lowest BCUT2D eigenvalue weighted by Crippen LogP contribution is -2.78. The molecule has 0 radical (unpaired) electrons. The molecular weight excluding hydrogens is 372 g/mol. The SMILES string of the molecule is C[N+]1(CC2CC2)CC[C@]23CC(=O)CC[C@@]2(O)[C@H]1Cc1ccc(C(N)=O)c(O)c13.[OH-]. The molecule has 1 heterocycles. The number of carbonyl (C=O) groups excluding carboxylic acids is 2. The van der Waals surface area contributed by atoms with Crippen LogP contribution in [0.15, 0.2) is 12.1 Å². The van der Waals surface area contributed by atoms with Crippen LogP contribution >= 0.6 is 0 Å². The quantitative estimate of drug-likeness (QED) is 0.654. The van der Waals surface area contributed by atoms with Crippen molar-refractivity contribution in [3.8, 4) is 5.75 Å². The lowest BCUT2D eigenvalue weighted by Gasteiger charge is -2.65. The molecule has 158 valence electrons. The highest BCUT2D eigenvalue weighted by Crippen LogP contribution is 2.61. The second-order valence-electron chi connectivity index (χ2n) is 9.88. The number of likely N-dealkylation sites (N-methyl/N-ethyl adjacent to an activating group) is 1. The topological polar surface area (TPSA) is 131 Å². The molecular formula is C22H30N2O5. The molecule has 1 amide bonds. The molecule has 1 aromatic carbocycles. The Kier molecular flexibility index (Phi) is 4.39. The molecule has 0 spiro atoms. The number of hydrogen-bond donors (Lipinski definition) is 3. The number of aliphatic hydroxyl groups is 1. The average Bonchev–Trinajstić information content (AvgIpc) is 3.43. The Morgan fingerprint density at radius 1 is 1.31 bits per heavy atom. The zero-order valence-corrected chi connectivity index (χ0v) is 16.9. The number of quaternary nitrogens is 1. The first kappa shape index (κ1) is 20.3. The molecule has 1 aliphatic heterocycles. The number of likely N-dealkylation sites (tertiary alicyclic amines) is 1. The highest BCUT2D eigenvalue weighted by molar-refractivity contribution is 5.96. The molecule has 1 saturated heterocycles. The summed E-state index contributed by atoms with van der Waals surface area (Å²) in [6.45, 7) is 1.94. The van der Waals surface area contributed by atoms with Crippen LogP contribution in [0.25, 0.3) is 0 Å². The number of phenols is 1. The number of piperidine rings is 1. The largest absolute Gasteiger partial charge is 0.870 e. The van der Waals surface area contributed by atoms with Gasteiger partial charge in [-0.2, -0.15) is 0 Å². The summed E-state index contributed by atoms with van der Waals surface area (Å²) in [5.41, 5.74) is 5.23. The van der Waals surface area contributed by atoms with Gasteiger partial charge in [0.1, 0.15) is 23.2 Å². The number of fused-ring (bicyclic) bond motifs is 1. The van der Waals surface area contributed by atoms with Gasteiger partial charge in [0.25, 0.3) is 5.91 Å². The number of amides is 1. The van der Waals surface area contributed by atoms with E-state index in [4.69, 9.17) is 5.73 Å². The van der Waals surface area contributed by atoms with Gasteiger partial charge in [0.2, 0.25) is 0 Å². The molecule has 5 N–H and O–H groups in total. The van der Waals surface area contributed by atoms with Crippen LogP contribution in [0.3, 0.4) is 0 Å². The summed E-state index contributed by atoms with van der Waals surface area (Å²) < 4.78 is 0.828. The summed E-state index contributed by atoms with van der Waals surface area (Å²) in [5.74, 6) is 0.0429. The molecule has 1 aromatic rings. The van der Waals surface area contributed by atoms with Gasteiger partial charge in [-0.3, -0.25) is 9.59 Å². The molecule has 4 aliphatic rings. The number of nitrogens with zero attached hydrogens (tertiary/aromatic N) is 1. The summed E-state index contributed by atoms with van der Waals surface area (Å²) in [5, 5.41) is 23.2. The summed E-state index contributed by atoms with van der Waals surface area (Å²) >= 11 is 0. The van der Waals surface area contributed by atoms with Crippen LogP contribution < -0.4 is 5.73 Å². The van der Waals surface area contributed by atoms with Gasteiger partial charge >= 0.3 is 0 Å². The van der Waals surface area contributed by atoms with E-state index in [0.29, 0.717) is 31.2 Å². The standard InChI is InChI=1S/C22H28N2O4.H2O/c1-24(12-13-2-3-13)9-8-21-11-15(25)6-7-22(21,28)17(24)10-14-4-5-16(20(23)27)19(26)18(14)21;/h4-5,13,17,28H,2-3,6-12H2,1H3,(H2-,23,26,27);1H2/t17-,21-,22-,24?;/m1./s1. The number of aromatic hydroxyl groups is 1. The van der Waals surface area contributed by atoms with E-state index in [1.54, 1.807) is 6.07 Å². The molecule has 7 heteroatoms. The first-order chi connectivity index (χ1) is 13.2. The van der Waals surface area contributed by atoms with Gasteiger partial charge in [-0.05, 0) is 30.9 Å². The summed E-state index contributed by atoms with van der Waals surface area (Å²) in [4.78, 5) is 24.4. The third-order valence-electron chi connectivity index (χ3n) is 8.26. The minimum Gasteiger partial charge on any atom is -0.870 e. The van der Waals surface area contributed by atoms with Crippen LogP contribution in [0, 0.1) is 5.92 Å². The number of benzene rings is 1. The monoisotopic (exact) mass is 402 g/mol. The van der Waals surface area contributed by atoms with E-state index < -0.39 is 16.9 Å². The van der Waals surface area contributed by atoms with E-state index in [1.807, 2.05) is 6.07 Å². The van der Waals surface area contributed by atoms with Crippen molar-refractivity contribution < 1.29 is 29.8 Å². The molecule has 29 heavy (non-hydrogen) atoms. The van der Waals surface area contributed by atoms with Crippen molar-refractivity contribution in [2.75, 3.05) is 20.1 Å². The Balaban J connectivity index is 0.00000205. The number of ketones is 1. The van der Waals surface area contributed by atoms with Crippen molar-refractivity contribution in [1.82, 2.24) is 0 Å². The number of primary amides is 1. The highest BCUT2D eigenvalue weighted by atomic mass is 16.3. The Morgan fingerprint density at radius 2 is 2.03 bits per heavy atom. The Bertz CT molecular complexity index is 897. The van der Waals surface area contributed by atoms with Gasteiger partial charge in [-0.15, -0.1) is 0 Å². The van der Waals surface area contributed by atoms with Gasteiger partial charge in [0.15, 0.2) is 0 Å². The molecule has 5 rings (SSSR count). The highest BCUT2D eigenvalue weighted by Gasteiger charge is 2.70.